The molecule has 0 spiro atoms. The van der Waals surface area contributed by atoms with Crippen molar-refractivity contribution < 1.29 is 18.9 Å². The van der Waals surface area contributed by atoms with Gasteiger partial charge in [-0.25, -0.2) is 19.9 Å². The molecule has 20 heteroatoms. The minimum absolute atomic E-state index is 0.589. The van der Waals surface area contributed by atoms with Gasteiger partial charge in [0.15, 0.2) is 9.47 Å². The highest BCUT2D eigenvalue weighted by atomic mass is 79.9. The van der Waals surface area contributed by atoms with Crippen molar-refractivity contribution in [2.75, 3.05) is 26.4 Å². The van der Waals surface area contributed by atoms with Gasteiger partial charge >= 0.3 is 0 Å². The molecule has 0 fully saturated rings. The molecule has 0 unspecified atom stereocenters. The molecular formula is C40H76Br4N8O4Si4. The van der Waals surface area contributed by atoms with Gasteiger partial charge in [0.05, 0.1) is 29.7 Å². The molecule has 0 saturated carbocycles. The maximum absolute atomic E-state index is 5.64. The molecule has 0 saturated heterocycles. The van der Waals surface area contributed by atoms with Gasteiger partial charge in [-0.1, -0.05) is 78.6 Å². The second kappa shape index (κ2) is 27.7. The SMILES string of the molecule is Cc1c(Br)ncn1COCC[Si](C)(C)C.Cc1cn(COCC[Si](C)(C)C)c(Br)n1.Cc1cnc(Br)n1COCC[Si](C)(C)C.Cc1ncn(COCC[Si](C)(C)C)c1Br. The molecular weight excluding hydrogens is 1090 g/mol. The van der Waals surface area contributed by atoms with Crippen LogP contribution in [0.25, 0.3) is 0 Å². The second-order valence-corrected chi connectivity index (χ2v) is 45.2. The molecule has 0 radical (unpaired) electrons. The molecule has 344 valence electrons. The summed E-state index contributed by atoms with van der Waals surface area (Å²) in [6.45, 7) is 42.0. The highest BCUT2D eigenvalue weighted by molar-refractivity contribution is 9.11. The van der Waals surface area contributed by atoms with Gasteiger partial charge in [0.1, 0.15) is 36.1 Å². The van der Waals surface area contributed by atoms with E-state index in [-0.39, 0.29) is 0 Å². The van der Waals surface area contributed by atoms with Crippen molar-refractivity contribution in [3.05, 3.63) is 66.5 Å². The van der Waals surface area contributed by atoms with Crippen molar-refractivity contribution in [1.29, 1.82) is 0 Å². The third-order valence-electron chi connectivity index (χ3n) is 8.73. The molecule has 0 aromatic carbocycles. The first kappa shape index (κ1) is 57.5. The standard InChI is InChI=1S/4C10H19BrN2OSi/c1-9-10(11)12-7-13(9)8-14-5-6-15(2,3)4;1-9-10(11)13(7-12-9)8-14-5-6-15(2,3)4;1-9-7-13(10(11)12-9)8-14-5-6-15(2,3)4;1-9-7-12-10(11)13(9)8-14-5-6-15(2,3)4/h4*7H,5-6,8H2,1-4H3. The predicted octanol–water partition coefficient (Wildman–Crippen LogP) is 13.1. The molecule has 4 rings (SSSR count). The van der Waals surface area contributed by atoms with E-state index in [4.69, 9.17) is 18.9 Å². The Morgan fingerprint density at radius 3 is 1.27 bits per heavy atom. The number of aromatic nitrogens is 8. The Kier molecular flexibility index (Phi) is 26.6. The molecule has 0 aliphatic rings. The van der Waals surface area contributed by atoms with Gasteiger partial charge in [0, 0.05) is 76.8 Å². The average Bonchev–Trinajstić information content (AvgIpc) is 3.83. The van der Waals surface area contributed by atoms with E-state index in [1.807, 2.05) is 58.4 Å². The van der Waals surface area contributed by atoms with Gasteiger partial charge in [0.25, 0.3) is 0 Å². The summed E-state index contributed by atoms with van der Waals surface area (Å²) in [6.07, 6.45) is 7.42. The zero-order valence-electron chi connectivity index (χ0n) is 39.5. The Morgan fingerprint density at radius 2 is 0.933 bits per heavy atom. The largest absolute Gasteiger partial charge is 0.361 e. The van der Waals surface area contributed by atoms with E-state index in [9.17, 15) is 0 Å². The Labute approximate surface area is 400 Å². The maximum atomic E-state index is 5.64. The van der Waals surface area contributed by atoms with Crippen LogP contribution in [0.2, 0.25) is 103 Å². The van der Waals surface area contributed by atoms with Crippen LogP contribution in [0, 0.1) is 27.7 Å². The molecule has 0 bridgehead atoms. The molecule has 0 aliphatic heterocycles. The van der Waals surface area contributed by atoms with Crippen LogP contribution < -0.4 is 0 Å². The summed E-state index contributed by atoms with van der Waals surface area (Å²) in [5.41, 5.74) is 4.25. The number of halogens is 4. The highest BCUT2D eigenvalue weighted by Crippen LogP contribution is 2.17. The fourth-order valence-electron chi connectivity index (χ4n) is 4.46. The summed E-state index contributed by atoms with van der Waals surface area (Å²) < 4.78 is 34.1. The van der Waals surface area contributed by atoms with E-state index in [0.29, 0.717) is 26.9 Å². The van der Waals surface area contributed by atoms with Crippen molar-refractivity contribution in [1.82, 2.24) is 38.2 Å². The lowest BCUT2D eigenvalue weighted by Gasteiger charge is -2.16. The smallest absolute Gasteiger partial charge is 0.179 e. The number of rotatable bonds is 20. The quantitative estimate of drug-likeness (QED) is 0.0636. The molecule has 0 atom stereocenters. The lowest BCUT2D eigenvalue weighted by molar-refractivity contribution is 0.0843. The minimum atomic E-state index is -0.968. The van der Waals surface area contributed by atoms with Gasteiger partial charge in [-0.2, -0.15) is 0 Å². The molecule has 4 aromatic heterocycles. The maximum Gasteiger partial charge on any atom is 0.179 e. The topological polar surface area (TPSA) is 108 Å². The first-order valence-corrected chi connectivity index (χ1v) is 38.6. The summed E-state index contributed by atoms with van der Waals surface area (Å²) in [5.74, 6) is 0. The molecule has 60 heavy (non-hydrogen) atoms. The Bertz CT molecular complexity index is 1680. The van der Waals surface area contributed by atoms with E-state index < -0.39 is 32.3 Å². The normalized spacial score (nSPS) is 12.1. The first-order valence-electron chi connectivity index (χ1n) is 20.6. The van der Waals surface area contributed by atoms with Crippen LogP contribution in [0.3, 0.4) is 0 Å². The lowest BCUT2D eigenvalue weighted by Crippen LogP contribution is -2.22. The lowest BCUT2D eigenvalue weighted by atomic mass is 10.5. The van der Waals surface area contributed by atoms with Crippen LogP contribution >= 0.6 is 63.7 Å². The van der Waals surface area contributed by atoms with Crippen LogP contribution in [0.4, 0.5) is 0 Å². The van der Waals surface area contributed by atoms with Gasteiger partial charge in [-0.15, -0.1) is 0 Å². The van der Waals surface area contributed by atoms with E-state index in [1.54, 1.807) is 12.7 Å². The summed E-state index contributed by atoms with van der Waals surface area (Å²) in [6, 6.07) is 4.83. The zero-order valence-corrected chi connectivity index (χ0v) is 49.9. The molecule has 0 N–H and O–H groups in total. The number of nitrogens with zero attached hydrogens (tertiary/aromatic N) is 8. The van der Waals surface area contributed by atoms with E-state index in [1.165, 1.54) is 24.2 Å². The summed E-state index contributed by atoms with van der Waals surface area (Å²) >= 11 is 13.6. The fourth-order valence-corrected chi connectivity index (χ4v) is 9.07. The highest BCUT2D eigenvalue weighted by Gasteiger charge is 2.15. The molecule has 4 heterocycles. The van der Waals surface area contributed by atoms with Gasteiger partial charge in [-0.3, -0.25) is 4.57 Å². The molecule has 0 amide bonds. The Hall–Kier alpha value is -0.532. The number of hydrogen-bond donors (Lipinski definition) is 0. The summed E-state index contributed by atoms with van der Waals surface area (Å²) in [7, 11) is -3.86. The van der Waals surface area contributed by atoms with E-state index in [0.717, 1.165) is 67.9 Å². The minimum Gasteiger partial charge on any atom is -0.361 e. The van der Waals surface area contributed by atoms with Crippen molar-refractivity contribution in [2.45, 2.75) is 157 Å². The van der Waals surface area contributed by atoms with E-state index in [2.05, 4.69) is 162 Å². The monoisotopic (exact) mass is 1160 g/mol. The zero-order chi connectivity index (χ0) is 45.9. The Morgan fingerprint density at radius 1 is 0.517 bits per heavy atom. The van der Waals surface area contributed by atoms with Gasteiger partial charge in [-0.05, 0) is 116 Å². The van der Waals surface area contributed by atoms with Gasteiger partial charge in [0.2, 0.25) is 0 Å². The van der Waals surface area contributed by atoms with Crippen molar-refractivity contribution in [2.24, 2.45) is 0 Å². The van der Waals surface area contributed by atoms with Crippen molar-refractivity contribution in [3.8, 4) is 0 Å². The molecule has 4 aromatic rings. The Balaban J connectivity index is 0.000000400. The summed E-state index contributed by atoms with van der Waals surface area (Å²) in [5, 5.41) is 0. The number of ether oxygens (including phenoxy) is 4. The third-order valence-corrected chi connectivity index (χ3v) is 18.6. The number of aryl methyl sites for hydroxylation is 3. The van der Waals surface area contributed by atoms with Crippen LogP contribution in [0.1, 0.15) is 22.8 Å². The van der Waals surface area contributed by atoms with E-state index >= 15 is 0 Å². The average molecular weight is 1170 g/mol. The van der Waals surface area contributed by atoms with Crippen molar-refractivity contribution in [3.63, 3.8) is 0 Å². The summed E-state index contributed by atoms with van der Waals surface area (Å²) in [4.78, 5) is 16.7. The van der Waals surface area contributed by atoms with Gasteiger partial charge < -0.3 is 32.6 Å². The van der Waals surface area contributed by atoms with Crippen LogP contribution in [-0.2, 0) is 45.9 Å². The number of imidazole rings is 4. The van der Waals surface area contributed by atoms with Crippen molar-refractivity contribution >= 4 is 96.0 Å². The first-order chi connectivity index (χ1) is 27.6. The second-order valence-electron chi connectivity index (χ2n) is 19.8. The molecule has 12 nitrogen and oxygen atoms in total. The fraction of sp³-hybridized carbons (Fsp3) is 0.700. The van der Waals surface area contributed by atoms with Crippen LogP contribution in [0.15, 0.2) is 43.7 Å². The predicted molar refractivity (Wildman–Crippen MR) is 275 cm³/mol. The number of hydrogen-bond acceptors (Lipinski definition) is 8. The third kappa shape index (κ3) is 26.9. The van der Waals surface area contributed by atoms with Crippen LogP contribution in [0.5, 0.6) is 0 Å². The van der Waals surface area contributed by atoms with Crippen LogP contribution in [-0.4, -0.2) is 96.9 Å². The molecule has 0 aliphatic carbocycles.